The summed E-state index contributed by atoms with van der Waals surface area (Å²) in [5.41, 5.74) is -0.277. The number of halogens is 2. The van der Waals surface area contributed by atoms with Gasteiger partial charge in [-0.2, -0.15) is 5.26 Å². The molecule has 0 aliphatic heterocycles. The molecule has 0 aliphatic rings. The molecule has 0 heterocycles. The summed E-state index contributed by atoms with van der Waals surface area (Å²) in [7, 11) is 0. The van der Waals surface area contributed by atoms with Crippen molar-refractivity contribution in [3.63, 3.8) is 0 Å². The van der Waals surface area contributed by atoms with E-state index in [-0.39, 0.29) is 10.5 Å². The predicted octanol–water partition coefficient (Wildman–Crippen LogP) is 3.69. The fraction of sp³-hybridized carbons (Fsp3) is 0. The first kappa shape index (κ1) is 14.0. The van der Waals surface area contributed by atoms with Gasteiger partial charge in [0.1, 0.15) is 11.6 Å². The Hall–Kier alpha value is -2.39. The second kappa shape index (κ2) is 5.72. The maximum Gasteiger partial charge on any atom is 0.338 e. The Labute approximate surface area is 117 Å². The molecule has 2 aromatic rings. The van der Waals surface area contributed by atoms with Gasteiger partial charge in [-0.15, -0.1) is 0 Å². The number of aromatic carboxylic acids is 1. The Bertz CT molecular complexity index is 726. The maximum absolute atomic E-state index is 13.7. The van der Waals surface area contributed by atoms with Gasteiger partial charge in [0.2, 0.25) is 0 Å². The second-order valence-corrected chi connectivity index (χ2v) is 4.92. The van der Waals surface area contributed by atoms with Crippen LogP contribution < -0.4 is 0 Å². The number of hydrogen-bond acceptors (Lipinski definition) is 3. The third-order valence-electron chi connectivity index (χ3n) is 2.46. The van der Waals surface area contributed by atoms with E-state index >= 15 is 0 Å². The van der Waals surface area contributed by atoms with E-state index in [1.54, 1.807) is 0 Å². The molecule has 0 amide bonds. The molecular formula is C14H7F2NO2S. The molecule has 1 N–H and O–H groups in total. The maximum atomic E-state index is 13.7. The summed E-state index contributed by atoms with van der Waals surface area (Å²) in [6.07, 6.45) is 0. The highest BCUT2D eigenvalue weighted by atomic mass is 32.2. The Morgan fingerprint density at radius 3 is 2.50 bits per heavy atom. The molecule has 0 fully saturated rings. The van der Waals surface area contributed by atoms with Gasteiger partial charge in [-0.1, -0.05) is 11.8 Å². The largest absolute Gasteiger partial charge is 0.478 e. The van der Waals surface area contributed by atoms with E-state index in [0.717, 1.165) is 30.0 Å². The van der Waals surface area contributed by atoms with Crippen molar-refractivity contribution in [2.75, 3.05) is 0 Å². The SMILES string of the molecule is N#Cc1ccc(Sc2ccc(F)c(C(=O)O)c2)c(F)c1. The van der Waals surface area contributed by atoms with Crippen LogP contribution in [-0.2, 0) is 0 Å². The molecular weight excluding hydrogens is 284 g/mol. The van der Waals surface area contributed by atoms with Crippen LogP contribution in [0.5, 0.6) is 0 Å². The number of nitrogens with zero attached hydrogens (tertiary/aromatic N) is 1. The van der Waals surface area contributed by atoms with E-state index < -0.39 is 23.2 Å². The Morgan fingerprint density at radius 2 is 1.90 bits per heavy atom. The van der Waals surface area contributed by atoms with E-state index in [4.69, 9.17) is 10.4 Å². The van der Waals surface area contributed by atoms with E-state index in [1.807, 2.05) is 6.07 Å². The molecule has 0 saturated carbocycles. The van der Waals surface area contributed by atoms with Crippen molar-refractivity contribution in [1.29, 1.82) is 5.26 Å². The summed E-state index contributed by atoms with van der Waals surface area (Å²) >= 11 is 0.959. The average molecular weight is 291 g/mol. The summed E-state index contributed by atoms with van der Waals surface area (Å²) in [4.78, 5) is 11.4. The quantitative estimate of drug-likeness (QED) is 0.937. The fourth-order valence-corrected chi connectivity index (χ4v) is 2.37. The zero-order chi connectivity index (χ0) is 14.7. The van der Waals surface area contributed by atoms with Gasteiger partial charge in [-0.25, -0.2) is 13.6 Å². The molecule has 6 heteroatoms. The highest BCUT2D eigenvalue weighted by Crippen LogP contribution is 2.31. The molecule has 0 aromatic heterocycles. The van der Waals surface area contributed by atoms with Crippen LogP contribution in [0, 0.1) is 23.0 Å². The number of hydrogen-bond donors (Lipinski definition) is 1. The molecule has 0 spiro atoms. The molecule has 2 aromatic carbocycles. The number of carboxylic acids is 1. The van der Waals surface area contributed by atoms with Crippen LogP contribution >= 0.6 is 11.8 Å². The van der Waals surface area contributed by atoms with Crippen molar-refractivity contribution in [3.05, 3.63) is 59.2 Å². The minimum Gasteiger partial charge on any atom is -0.478 e. The lowest BCUT2D eigenvalue weighted by atomic mass is 10.2. The lowest BCUT2D eigenvalue weighted by molar-refractivity contribution is 0.0691. The van der Waals surface area contributed by atoms with Crippen LogP contribution in [0.1, 0.15) is 15.9 Å². The third-order valence-corrected chi connectivity index (χ3v) is 3.50. The van der Waals surface area contributed by atoms with Crippen LogP contribution in [0.3, 0.4) is 0 Å². The van der Waals surface area contributed by atoms with Gasteiger partial charge in [0.25, 0.3) is 0 Å². The van der Waals surface area contributed by atoms with Crippen LogP contribution in [0.2, 0.25) is 0 Å². The predicted molar refractivity (Wildman–Crippen MR) is 68.6 cm³/mol. The summed E-state index contributed by atoms with van der Waals surface area (Å²) in [6.45, 7) is 0. The minimum atomic E-state index is -1.38. The monoisotopic (exact) mass is 291 g/mol. The van der Waals surface area contributed by atoms with E-state index in [9.17, 15) is 13.6 Å². The number of carboxylic acid groups (broad SMARTS) is 1. The highest BCUT2D eigenvalue weighted by molar-refractivity contribution is 7.99. The standard InChI is InChI=1S/C14H7F2NO2S/c15-11-3-2-9(6-10(11)14(18)19)20-13-4-1-8(7-17)5-12(13)16/h1-6H,(H,18,19). The summed E-state index contributed by atoms with van der Waals surface area (Å²) in [6, 6.07) is 9.30. The molecule has 100 valence electrons. The van der Waals surface area contributed by atoms with Crippen molar-refractivity contribution in [2.24, 2.45) is 0 Å². The smallest absolute Gasteiger partial charge is 0.338 e. The molecule has 0 aliphatic carbocycles. The van der Waals surface area contributed by atoms with E-state index in [2.05, 4.69) is 0 Å². The van der Waals surface area contributed by atoms with Gasteiger partial charge in [0, 0.05) is 9.79 Å². The molecule has 0 bridgehead atoms. The van der Waals surface area contributed by atoms with Gasteiger partial charge in [0.05, 0.1) is 17.2 Å². The first-order valence-corrected chi connectivity index (χ1v) is 6.23. The fourth-order valence-electron chi connectivity index (χ4n) is 1.51. The van der Waals surface area contributed by atoms with Crippen molar-refractivity contribution >= 4 is 17.7 Å². The third kappa shape index (κ3) is 2.95. The first-order valence-electron chi connectivity index (χ1n) is 5.41. The molecule has 0 atom stereocenters. The van der Waals surface area contributed by atoms with Gasteiger partial charge in [0.15, 0.2) is 0 Å². The minimum absolute atomic E-state index is 0.192. The van der Waals surface area contributed by atoms with Crippen molar-refractivity contribution in [2.45, 2.75) is 9.79 Å². The van der Waals surface area contributed by atoms with Crippen molar-refractivity contribution in [3.8, 4) is 6.07 Å². The van der Waals surface area contributed by atoms with Gasteiger partial charge < -0.3 is 5.11 Å². The molecule has 20 heavy (non-hydrogen) atoms. The van der Waals surface area contributed by atoms with E-state index in [1.165, 1.54) is 18.2 Å². The van der Waals surface area contributed by atoms with Crippen LogP contribution in [0.15, 0.2) is 46.2 Å². The summed E-state index contributed by atoms with van der Waals surface area (Å²) < 4.78 is 26.9. The lowest BCUT2D eigenvalue weighted by Crippen LogP contribution is -2.00. The molecule has 0 unspecified atom stereocenters. The van der Waals surface area contributed by atoms with Crippen molar-refractivity contribution < 1.29 is 18.7 Å². The first-order chi connectivity index (χ1) is 9.51. The second-order valence-electron chi connectivity index (χ2n) is 3.81. The molecule has 0 saturated heterocycles. The Balaban J connectivity index is 2.33. The topological polar surface area (TPSA) is 61.1 Å². The van der Waals surface area contributed by atoms with Gasteiger partial charge in [-0.3, -0.25) is 0 Å². The van der Waals surface area contributed by atoms with Crippen LogP contribution in [0.4, 0.5) is 8.78 Å². The molecule has 0 radical (unpaired) electrons. The Morgan fingerprint density at radius 1 is 1.15 bits per heavy atom. The van der Waals surface area contributed by atoms with Gasteiger partial charge in [-0.05, 0) is 36.4 Å². The zero-order valence-electron chi connectivity index (χ0n) is 9.93. The van der Waals surface area contributed by atoms with E-state index in [0.29, 0.717) is 4.90 Å². The number of benzene rings is 2. The number of rotatable bonds is 3. The highest BCUT2D eigenvalue weighted by Gasteiger charge is 2.12. The zero-order valence-corrected chi connectivity index (χ0v) is 10.7. The molecule has 2 rings (SSSR count). The van der Waals surface area contributed by atoms with Gasteiger partial charge >= 0.3 is 5.97 Å². The summed E-state index contributed by atoms with van der Waals surface area (Å²) in [5, 5.41) is 17.5. The van der Waals surface area contributed by atoms with Crippen molar-refractivity contribution in [1.82, 2.24) is 0 Å². The molecule has 3 nitrogen and oxygen atoms in total. The van der Waals surface area contributed by atoms with Crippen LogP contribution in [0.25, 0.3) is 0 Å². The number of nitriles is 1. The average Bonchev–Trinajstić information content (AvgIpc) is 2.42. The van der Waals surface area contributed by atoms with Crippen LogP contribution in [-0.4, -0.2) is 11.1 Å². The Kier molecular flexibility index (Phi) is 4.01. The summed E-state index contributed by atoms with van der Waals surface area (Å²) in [5.74, 6) is -2.82. The normalized spacial score (nSPS) is 10.1. The lowest BCUT2D eigenvalue weighted by Gasteiger charge is -2.05. The number of carbonyl (C=O) groups is 1.